The molecule has 0 heterocycles. The number of nitrogens with one attached hydrogen (secondary N) is 1. The highest BCUT2D eigenvalue weighted by Gasteiger charge is 2.25. The zero-order valence-corrected chi connectivity index (χ0v) is 15.8. The number of nitrogens with two attached hydrogens (primary N) is 1. The number of rotatable bonds is 6. The smallest absolute Gasteiger partial charge is 0.220 e. The van der Waals surface area contributed by atoms with Crippen molar-refractivity contribution in [3.8, 4) is 11.5 Å². The molecule has 5 nitrogen and oxygen atoms in total. The van der Waals surface area contributed by atoms with Gasteiger partial charge >= 0.3 is 0 Å². The van der Waals surface area contributed by atoms with Crippen LogP contribution in [-0.4, -0.2) is 26.2 Å². The summed E-state index contributed by atoms with van der Waals surface area (Å²) < 4.78 is 11.4. The van der Waals surface area contributed by atoms with Gasteiger partial charge in [0.2, 0.25) is 5.91 Å². The lowest BCUT2D eigenvalue weighted by molar-refractivity contribution is -0.122. The van der Waals surface area contributed by atoms with Crippen LogP contribution in [0.3, 0.4) is 0 Å². The lowest BCUT2D eigenvalue weighted by Gasteiger charge is -2.15. The molecule has 3 N–H and O–H groups in total. The monoisotopic (exact) mass is 406 g/mol. The zero-order chi connectivity index (χ0) is 16.1. The third-order valence-electron chi connectivity index (χ3n) is 4.15. The van der Waals surface area contributed by atoms with Gasteiger partial charge in [-0.05, 0) is 52.4 Å². The van der Waals surface area contributed by atoms with E-state index in [0.717, 1.165) is 29.3 Å². The highest BCUT2D eigenvalue weighted by molar-refractivity contribution is 9.10. The summed E-state index contributed by atoms with van der Waals surface area (Å²) in [5.41, 5.74) is 6.96. The van der Waals surface area contributed by atoms with Gasteiger partial charge in [-0.3, -0.25) is 4.79 Å². The molecule has 0 spiro atoms. The second-order valence-corrected chi connectivity index (χ2v) is 6.50. The molecule has 0 aliphatic heterocycles. The van der Waals surface area contributed by atoms with Gasteiger partial charge in [-0.2, -0.15) is 0 Å². The first-order valence-corrected chi connectivity index (χ1v) is 8.27. The number of benzene rings is 1. The molecule has 1 aromatic carbocycles. The Labute approximate surface area is 151 Å². The van der Waals surface area contributed by atoms with E-state index in [4.69, 9.17) is 15.2 Å². The summed E-state index contributed by atoms with van der Waals surface area (Å²) in [5, 5.41) is 2.95. The molecule has 1 aromatic rings. The minimum Gasteiger partial charge on any atom is -0.493 e. The average Bonchev–Trinajstić information content (AvgIpc) is 2.89. The molecule has 2 atom stereocenters. The van der Waals surface area contributed by atoms with Gasteiger partial charge in [0.15, 0.2) is 11.5 Å². The molecule has 2 rings (SSSR count). The van der Waals surface area contributed by atoms with Crippen molar-refractivity contribution in [1.82, 2.24) is 5.32 Å². The first-order chi connectivity index (χ1) is 10.5. The predicted molar refractivity (Wildman–Crippen MR) is 96.3 cm³/mol. The molecule has 0 saturated heterocycles. The predicted octanol–water partition coefficient (Wildman–Crippen LogP) is 3.02. The Kier molecular flexibility index (Phi) is 8.16. The van der Waals surface area contributed by atoms with Crippen molar-refractivity contribution in [3.05, 3.63) is 22.2 Å². The van der Waals surface area contributed by atoms with E-state index >= 15 is 0 Å². The van der Waals surface area contributed by atoms with Gasteiger partial charge in [-0.15, -0.1) is 12.4 Å². The van der Waals surface area contributed by atoms with Crippen LogP contribution in [0.4, 0.5) is 0 Å². The fraction of sp³-hybridized carbons (Fsp3) is 0.562. The van der Waals surface area contributed by atoms with Crippen molar-refractivity contribution in [2.24, 2.45) is 11.7 Å². The minimum atomic E-state index is 0. The normalized spacial score (nSPS) is 19.8. The van der Waals surface area contributed by atoms with Crippen LogP contribution in [0.5, 0.6) is 11.5 Å². The third-order valence-corrected chi connectivity index (χ3v) is 4.74. The van der Waals surface area contributed by atoms with Crippen LogP contribution >= 0.6 is 28.3 Å². The van der Waals surface area contributed by atoms with Gasteiger partial charge in [0.1, 0.15) is 0 Å². The first kappa shape index (κ1) is 20.1. The molecule has 1 fully saturated rings. The average molecular weight is 408 g/mol. The van der Waals surface area contributed by atoms with Gasteiger partial charge < -0.3 is 20.5 Å². The van der Waals surface area contributed by atoms with Crippen molar-refractivity contribution in [3.63, 3.8) is 0 Å². The Balaban J connectivity index is 0.00000264. The van der Waals surface area contributed by atoms with Crippen LogP contribution in [-0.2, 0) is 11.3 Å². The number of amides is 1. The lowest BCUT2D eigenvalue weighted by Crippen LogP contribution is -2.31. The van der Waals surface area contributed by atoms with Crippen LogP contribution in [0.1, 0.15) is 31.2 Å². The fourth-order valence-electron chi connectivity index (χ4n) is 2.90. The minimum absolute atomic E-state index is 0. The van der Waals surface area contributed by atoms with E-state index in [1.807, 2.05) is 12.1 Å². The Morgan fingerprint density at radius 2 is 2.09 bits per heavy atom. The Bertz CT molecular complexity index is 542. The highest BCUT2D eigenvalue weighted by Crippen LogP contribution is 2.36. The van der Waals surface area contributed by atoms with E-state index in [2.05, 4.69) is 21.2 Å². The van der Waals surface area contributed by atoms with Crippen molar-refractivity contribution in [1.29, 1.82) is 0 Å². The SMILES string of the molecule is COc1cc(CNC(=O)C[C@@H]2CCC[C@H]2N)cc(Br)c1OC.Cl. The summed E-state index contributed by atoms with van der Waals surface area (Å²) in [7, 11) is 3.18. The maximum atomic E-state index is 12.0. The van der Waals surface area contributed by atoms with Gasteiger partial charge in [0.25, 0.3) is 0 Å². The fourth-order valence-corrected chi connectivity index (χ4v) is 3.55. The summed E-state index contributed by atoms with van der Waals surface area (Å²) >= 11 is 3.45. The number of carbonyl (C=O) groups is 1. The number of ether oxygens (including phenoxy) is 2. The molecule has 23 heavy (non-hydrogen) atoms. The molecule has 7 heteroatoms. The Morgan fingerprint density at radius 3 is 2.65 bits per heavy atom. The summed E-state index contributed by atoms with van der Waals surface area (Å²) in [5.74, 6) is 1.65. The zero-order valence-electron chi connectivity index (χ0n) is 13.4. The molecule has 0 unspecified atom stereocenters. The van der Waals surface area contributed by atoms with Crippen LogP contribution < -0.4 is 20.5 Å². The van der Waals surface area contributed by atoms with Crippen LogP contribution in [0.2, 0.25) is 0 Å². The van der Waals surface area contributed by atoms with Gasteiger partial charge in [0, 0.05) is 19.0 Å². The standard InChI is InChI=1S/C16H23BrN2O3.ClH/c1-21-14-7-10(6-12(17)16(14)22-2)9-19-15(20)8-11-4-3-5-13(11)18;/h6-7,11,13H,3-5,8-9,18H2,1-2H3,(H,19,20);1H/t11-,13+;/m0./s1. The van der Waals surface area contributed by atoms with Crippen LogP contribution in [0.15, 0.2) is 16.6 Å². The van der Waals surface area contributed by atoms with Crippen molar-refractivity contribution >= 4 is 34.2 Å². The van der Waals surface area contributed by atoms with Crippen molar-refractivity contribution in [2.45, 2.75) is 38.3 Å². The summed E-state index contributed by atoms with van der Waals surface area (Å²) in [6.07, 6.45) is 3.72. The van der Waals surface area contributed by atoms with E-state index in [9.17, 15) is 4.79 Å². The highest BCUT2D eigenvalue weighted by atomic mass is 79.9. The molecule has 1 aliphatic rings. The Morgan fingerprint density at radius 1 is 1.35 bits per heavy atom. The first-order valence-electron chi connectivity index (χ1n) is 7.47. The molecule has 1 aliphatic carbocycles. The van der Waals surface area contributed by atoms with E-state index in [-0.39, 0.29) is 24.4 Å². The quantitative estimate of drug-likeness (QED) is 0.760. The molecule has 130 valence electrons. The van der Waals surface area contributed by atoms with E-state index < -0.39 is 0 Å². The van der Waals surface area contributed by atoms with E-state index in [0.29, 0.717) is 30.4 Å². The molecular weight excluding hydrogens is 384 g/mol. The van der Waals surface area contributed by atoms with Crippen LogP contribution in [0.25, 0.3) is 0 Å². The van der Waals surface area contributed by atoms with E-state index in [1.54, 1.807) is 14.2 Å². The number of halogens is 2. The number of methoxy groups -OCH3 is 2. The molecular formula is C16H24BrClN2O3. The number of hydrogen-bond donors (Lipinski definition) is 2. The van der Waals surface area contributed by atoms with Gasteiger partial charge in [0.05, 0.1) is 18.7 Å². The second-order valence-electron chi connectivity index (χ2n) is 5.65. The van der Waals surface area contributed by atoms with Crippen molar-refractivity contribution in [2.75, 3.05) is 14.2 Å². The maximum Gasteiger partial charge on any atom is 0.220 e. The number of hydrogen-bond acceptors (Lipinski definition) is 4. The molecule has 1 saturated carbocycles. The van der Waals surface area contributed by atoms with Gasteiger partial charge in [-0.25, -0.2) is 0 Å². The summed E-state index contributed by atoms with van der Waals surface area (Å²) in [6, 6.07) is 3.95. The largest absolute Gasteiger partial charge is 0.493 e. The third kappa shape index (κ3) is 5.26. The number of carbonyl (C=O) groups excluding carboxylic acids is 1. The lowest BCUT2D eigenvalue weighted by atomic mass is 10.00. The van der Waals surface area contributed by atoms with Gasteiger partial charge in [-0.1, -0.05) is 6.42 Å². The second kappa shape index (κ2) is 9.35. The Hall–Kier alpha value is -0.980. The molecule has 0 radical (unpaired) electrons. The maximum absolute atomic E-state index is 12.0. The van der Waals surface area contributed by atoms with Crippen molar-refractivity contribution < 1.29 is 14.3 Å². The summed E-state index contributed by atoms with van der Waals surface area (Å²) in [6.45, 7) is 0.458. The summed E-state index contributed by atoms with van der Waals surface area (Å²) in [4.78, 5) is 12.0. The topological polar surface area (TPSA) is 73.6 Å². The van der Waals surface area contributed by atoms with E-state index in [1.165, 1.54) is 0 Å². The molecule has 0 bridgehead atoms. The van der Waals surface area contributed by atoms with Crippen LogP contribution in [0, 0.1) is 5.92 Å². The molecule has 0 aromatic heterocycles. The molecule has 1 amide bonds.